The van der Waals surface area contributed by atoms with Crippen molar-refractivity contribution in [1.29, 1.82) is 0 Å². The second-order valence-electron chi connectivity index (χ2n) is 5.26. The number of nitrogens with one attached hydrogen (secondary N) is 1. The van der Waals surface area contributed by atoms with Crippen molar-refractivity contribution >= 4 is 0 Å². The fourth-order valence-electron chi connectivity index (χ4n) is 2.74. The molecule has 0 bridgehead atoms. The highest BCUT2D eigenvalue weighted by atomic mass is 16.5. The van der Waals surface area contributed by atoms with Crippen LogP contribution in [-0.4, -0.2) is 26.8 Å². The molecule has 19 heavy (non-hydrogen) atoms. The minimum Gasteiger partial charge on any atom is -0.497 e. The molecule has 0 heterocycles. The van der Waals surface area contributed by atoms with Crippen molar-refractivity contribution in [1.82, 2.24) is 5.32 Å². The van der Waals surface area contributed by atoms with Gasteiger partial charge in [-0.05, 0) is 49.9 Å². The minimum absolute atomic E-state index is 0.764. The van der Waals surface area contributed by atoms with Gasteiger partial charge in [-0.2, -0.15) is 0 Å². The Bertz CT molecular complexity index is 364. The molecule has 1 aliphatic rings. The zero-order chi connectivity index (χ0) is 13.5. The number of ether oxygens (including phenoxy) is 2. The highest BCUT2D eigenvalue weighted by molar-refractivity contribution is 5.38. The first kappa shape index (κ1) is 14.2. The number of rotatable bonds is 7. The lowest BCUT2D eigenvalue weighted by molar-refractivity contribution is 0.393. The van der Waals surface area contributed by atoms with Crippen LogP contribution in [-0.2, 0) is 6.42 Å². The van der Waals surface area contributed by atoms with E-state index >= 15 is 0 Å². The molecule has 1 N–H and O–H groups in total. The van der Waals surface area contributed by atoms with Crippen LogP contribution in [0.4, 0.5) is 0 Å². The van der Waals surface area contributed by atoms with E-state index in [2.05, 4.69) is 17.4 Å². The molecule has 0 atom stereocenters. The summed E-state index contributed by atoms with van der Waals surface area (Å²) in [5.41, 5.74) is 1.28. The predicted octanol–water partition coefficient (Wildman–Crippen LogP) is 3.17. The maximum Gasteiger partial charge on any atom is 0.122 e. The Morgan fingerprint density at radius 2 is 1.68 bits per heavy atom. The van der Waals surface area contributed by atoms with Crippen molar-refractivity contribution in [3.8, 4) is 11.5 Å². The van der Waals surface area contributed by atoms with Gasteiger partial charge in [0, 0.05) is 12.1 Å². The summed E-state index contributed by atoms with van der Waals surface area (Å²) in [5, 5.41) is 3.65. The standard InChI is InChI=1S/C16H25NO2/c1-18-15-10-13(11-16(12-15)19-2)6-5-9-17-14-7-3-4-8-14/h10-12,14,17H,3-9H2,1-2H3. The summed E-state index contributed by atoms with van der Waals surface area (Å²) in [4.78, 5) is 0. The maximum atomic E-state index is 5.29. The van der Waals surface area contributed by atoms with Crippen molar-refractivity contribution in [2.45, 2.75) is 44.6 Å². The van der Waals surface area contributed by atoms with Gasteiger partial charge in [-0.25, -0.2) is 0 Å². The minimum atomic E-state index is 0.764. The summed E-state index contributed by atoms with van der Waals surface area (Å²) in [7, 11) is 3.39. The van der Waals surface area contributed by atoms with E-state index in [4.69, 9.17) is 9.47 Å². The van der Waals surface area contributed by atoms with Gasteiger partial charge in [0.15, 0.2) is 0 Å². The zero-order valence-corrected chi connectivity index (χ0v) is 12.1. The van der Waals surface area contributed by atoms with Crippen molar-refractivity contribution in [2.75, 3.05) is 20.8 Å². The SMILES string of the molecule is COc1cc(CCCNC2CCCC2)cc(OC)c1. The van der Waals surface area contributed by atoms with Gasteiger partial charge >= 0.3 is 0 Å². The summed E-state index contributed by atoms with van der Waals surface area (Å²) in [6, 6.07) is 6.87. The molecule has 1 aromatic carbocycles. The Hall–Kier alpha value is -1.22. The van der Waals surface area contributed by atoms with Crippen LogP contribution in [0.3, 0.4) is 0 Å². The van der Waals surface area contributed by atoms with Gasteiger partial charge in [-0.15, -0.1) is 0 Å². The van der Waals surface area contributed by atoms with E-state index in [9.17, 15) is 0 Å². The molecule has 0 aliphatic heterocycles. The molecule has 3 heteroatoms. The third-order valence-electron chi connectivity index (χ3n) is 3.84. The van der Waals surface area contributed by atoms with Crippen LogP contribution >= 0.6 is 0 Å². The van der Waals surface area contributed by atoms with Crippen molar-refractivity contribution in [2.24, 2.45) is 0 Å². The van der Waals surface area contributed by atoms with Crippen LogP contribution in [0.15, 0.2) is 18.2 Å². The first-order valence-electron chi connectivity index (χ1n) is 7.27. The number of methoxy groups -OCH3 is 2. The molecule has 106 valence electrons. The summed E-state index contributed by atoms with van der Waals surface area (Å²) in [5.74, 6) is 1.75. The Morgan fingerprint density at radius 3 is 2.26 bits per heavy atom. The molecule has 1 aliphatic carbocycles. The second-order valence-corrected chi connectivity index (χ2v) is 5.26. The normalized spacial score (nSPS) is 15.7. The zero-order valence-electron chi connectivity index (χ0n) is 12.1. The lowest BCUT2D eigenvalue weighted by Gasteiger charge is -2.12. The third-order valence-corrected chi connectivity index (χ3v) is 3.84. The fourth-order valence-corrected chi connectivity index (χ4v) is 2.74. The molecule has 1 saturated carbocycles. The van der Waals surface area contributed by atoms with Gasteiger partial charge in [-0.3, -0.25) is 0 Å². The molecule has 0 radical (unpaired) electrons. The van der Waals surface area contributed by atoms with Crippen molar-refractivity contribution in [3.63, 3.8) is 0 Å². The van der Waals surface area contributed by atoms with E-state index in [0.29, 0.717) is 0 Å². The molecule has 1 fully saturated rings. The van der Waals surface area contributed by atoms with Crippen LogP contribution < -0.4 is 14.8 Å². The molecule has 0 unspecified atom stereocenters. The molecule has 1 aromatic rings. The smallest absolute Gasteiger partial charge is 0.122 e. The second kappa shape index (κ2) is 7.39. The molecule has 0 spiro atoms. The van der Waals surface area contributed by atoms with E-state index in [1.54, 1.807) is 14.2 Å². The first-order chi connectivity index (χ1) is 9.31. The first-order valence-corrected chi connectivity index (χ1v) is 7.27. The van der Waals surface area contributed by atoms with E-state index in [0.717, 1.165) is 36.9 Å². The highest BCUT2D eigenvalue weighted by Gasteiger charge is 2.13. The third kappa shape index (κ3) is 4.43. The Kier molecular flexibility index (Phi) is 5.52. The van der Waals surface area contributed by atoms with Crippen LogP contribution in [0.25, 0.3) is 0 Å². The molecule has 0 amide bonds. The van der Waals surface area contributed by atoms with E-state index in [1.165, 1.54) is 31.2 Å². The Morgan fingerprint density at radius 1 is 1.05 bits per heavy atom. The van der Waals surface area contributed by atoms with Crippen LogP contribution in [0.2, 0.25) is 0 Å². The maximum absolute atomic E-state index is 5.29. The average molecular weight is 263 g/mol. The number of hydrogen-bond donors (Lipinski definition) is 1. The average Bonchev–Trinajstić information content (AvgIpc) is 2.96. The van der Waals surface area contributed by atoms with Crippen LogP contribution in [0.1, 0.15) is 37.7 Å². The van der Waals surface area contributed by atoms with Crippen LogP contribution in [0, 0.1) is 0 Å². The van der Waals surface area contributed by atoms with Gasteiger partial charge in [-0.1, -0.05) is 12.8 Å². The molecular formula is C16H25NO2. The monoisotopic (exact) mass is 263 g/mol. The summed E-state index contributed by atoms with van der Waals surface area (Å²) in [6.45, 7) is 1.10. The molecule has 2 rings (SSSR count). The van der Waals surface area contributed by atoms with Crippen molar-refractivity contribution in [3.05, 3.63) is 23.8 Å². The quantitative estimate of drug-likeness (QED) is 0.766. The van der Waals surface area contributed by atoms with Gasteiger partial charge in [0.05, 0.1) is 14.2 Å². The number of hydrogen-bond acceptors (Lipinski definition) is 3. The summed E-state index contributed by atoms with van der Waals surface area (Å²) >= 11 is 0. The lowest BCUT2D eigenvalue weighted by Crippen LogP contribution is -2.27. The van der Waals surface area contributed by atoms with E-state index in [1.807, 2.05) is 6.07 Å². The number of benzene rings is 1. The topological polar surface area (TPSA) is 30.5 Å². The van der Waals surface area contributed by atoms with Crippen LogP contribution in [0.5, 0.6) is 11.5 Å². The summed E-state index contributed by atoms with van der Waals surface area (Å²) < 4.78 is 10.6. The highest BCUT2D eigenvalue weighted by Crippen LogP contribution is 2.23. The van der Waals surface area contributed by atoms with Gasteiger partial charge in [0.2, 0.25) is 0 Å². The molecule has 0 aromatic heterocycles. The number of aryl methyl sites for hydroxylation is 1. The van der Waals surface area contributed by atoms with Gasteiger partial charge in [0.25, 0.3) is 0 Å². The predicted molar refractivity (Wildman–Crippen MR) is 78.1 cm³/mol. The Balaban J connectivity index is 1.77. The largest absolute Gasteiger partial charge is 0.497 e. The Labute approximate surface area is 116 Å². The lowest BCUT2D eigenvalue weighted by atomic mass is 10.1. The van der Waals surface area contributed by atoms with Gasteiger partial charge < -0.3 is 14.8 Å². The van der Waals surface area contributed by atoms with E-state index < -0.39 is 0 Å². The van der Waals surface area contributed by atoms with Crippen molar-refractivity contribution < 1.29 is 9.47 Å². The molecular weight excluding hydrogens is 238 g/mol. The summed E-state index contributed by atoms with van der Waals surface area (Å²) in [6.07, 6.45) is 7.72. The van der Waals surface area contributed by atoms with E-state index in [-0.39, 0.29) is 0 Å². The molecule has 3 nitrogen and oxygen atoms in total. The fraction of sp³-hybridized carbons (Fsp3) is 0.625. The molecule has 0 saturated heterocycles. The van der Waals surface area contributed by atoms with Gasteiger partial charge in [0.1, 0.15) is 11.5 Å².